The molecular weight excluding hydrogens is 225 g/mol. The Morgan fingerprint density at radius 1 is 1.00 bits per heavy atom. The molecule has 1 heterocycles. The van der Waals surface area contributed by atoms with Crippen molar-refractivity contribution in [2.24, 2.45) is 0 Å². The molecule has 1 aliphatic heterocycles. The van der Waals surface area contributed by atoms with Gasteiger partial charge in [0, 0.05) is 0 Å². The molecule has 4 heteroatoms. The molecule has 0 radical (unpaired) electrons. The van der Waals surface area contributed by atoms with Crippen molar-refractivity contribution in [2.75, 3.05) is 0 Å². The van der Waals surface area contributed by atoms with Crippen LogP contribution in [-0.4, -0.2) is 0 Å². The molecule has 1 unspecified atom stereocenters. The first-order valence-electron chi connectivity index (χ1n) is 5.07. The maximum absolute atomic E-state index is 11.7. The molecule has 1 atom stereocenters. The second kappa shape index (κ2) is 5.10. The van der Waals surface area contributed by atoms with Crippen LogP contribution in [0, 0.1) is 0 Å². The minimum absolute atomic E-state index is 0. The molecule has 0 amide bonds. The Morgan fingerprint density at radius 2 is 1.71 bits per heavy atom. The Labute approximate surface area is 117 Å². The largest absolute Gasteiger partial charge is 1.00 e. The van der Waals surface area contributed by atoms with Crippen molar-refractivity contribution in [2.45, 2.75) is 10.3 Å². The summed E-state index contributed by atoms with van der Waals surface area (Å²) in [4.78, 5) is 1.15. The normalized spacial score (nSPS) is 16.8. The predicted octanol–water partition coefficient (Wildman–Crippen LogP) is 0.574. The molecule has 2 nitrogen and oxygen atoms in total. The topological polar surface area (TPSA) is 37.2 Å². The van der Waals surface area contributed by atoms with E-state index in [1.807, 2.05) is 36.4 Å². The summed E-state index contributed by atoms with van der Waals surface area (Å²) in [6.07, 6.45) is 0. The summed E-state index contributed by atoms with van der Waals surface area (Å²) < 4.78 is 0. The van der Waals surface area contributed by atoms with Gasteiger partial charge < -0.3 is 10.4 Å². The summed E-state index contributed by atoms with van der Waals surface area (Å²) in [5.74, 6) is 0.0663. The second-order valence-corrected chi connectivity index (χ2v) is 4.73. The van der Waals surface area contributed by atoms with E-state index in [0.29, 0.717) is 0 Å². The molecule has 17 heavy (non-hydrogen) atoms. The van der Waals surface area contributed by atoms with Crippen LogP contribution in [0.5, 0.6) is 5.75 Å². The summed E-state index contributed by atoms with van der Waals surface area (Å²) in [7, 11) is 0. The zero-order chi connectivity index (χ0) is 11.0. The Bertz CT molecular complexity index is 507. The first kappa shape index (κ1) is 12.4. The van der Waals surface area contributed by atoms with Gasteiger partial charge in [0.05, 0.1) is 0 Å². The minimum atomic E-state index is -0.0777. The fourth-order valence-corrected chi connectivity index (χ4v) is 2.88. The average molecular weight is 234 g/mol. The van der Waals surface area contributed by atoms with Gasteiger partial charge in [0.25, 0.3) is 0 Å². The summed E-state index contributed by atoms with van der Waals surface area (Å²) in [5.41, 5.74) is 1.75. The average Bonchev–Trinajstić information content (AvgIpc) is 2.73. The van der Waals surface area contributed by atoms with Gasteiger partial charge in [-0.25, -0.2) is 0 Å². The molecule has 1 aliphatic rings. The van der Waals surface area contributed by atoms with Gasteiger partial charge in [-0.2, -0.15) is 0 Å². The van der Waals surface area contributed by atoms with Gasteiger partial charge in [-0.05, 0) is 16.3 Å². The first-order chi connectivity index (χ1) is 7.84. The molecular formula is C13H9LiNOS-. The molecule has 2 aromatic rings. The standard InChI is InChI=1S/C13H10NOS.Li/c15-11-7-3-1-5-9(11)13-14-10-6-2-4-8-12(10)16-13;/h1-8,13,15H;/q-1;+1/p-1. The second-order valence-electron chi connectivity index (χ2n) is 3.60. The van der Waals surface area contributed by atoms with E-state index in [0.717, 1.165) is 16.1 Å². The Morgan fingerprint density at radius 3 is 2.47 bits per heavy atom. The van der Waals surface area contributed by atoms with Crippen molar-refractivity contribution in [3.63, 3.8) is 0 Å². The van der Waals surface area contributed by atoms with E-state index in [2.05, 4.69) is 5.32 Å². The third-order valence-corrected chi connectivity index (χ3v) is 3.73. The Hall–Kier alpha value is -1.01. The fraction of sp³-hybridized carbons (Fsp3) is 0.0769. The number of hydrogen-bond donors (Lipinski definition) is 0. The van der Waals surface area contributed by atoms with Crippen molar-refractivity contribution in [3.05, 3.63) is 59.4 Å². The van der Waals surface area contributed by atoms with Gasteiger partial charge in [0.2, 0.25) is 0 Å². The van der Waals surface area contributed by atoms with E-state index in [9.17, 15) is 5.11 Å². The van der Waals surface area contributed by atoms with Gasteiger partial charge in [-0.15, -0.1) is 23.2 Å². The minimum Gasteiger partial charge on any atom is -0.872 e. The van der Waals surface area contributed by atoms with Crippen LogP contribution in [-0.2, 0) is 0 Å². The van der Waals surface area contributed by atoms with Crippen molar-refractivity contribution in [1.82, 2.24) is 0 Å². The predicted molar refractivity (Wildman–Crippen MR) is 63.9 cm³/mol. The van der Waals surface area contributed by atoms with Crippen molar-refractivity contribution < 1.29 is 24.0 Å². The summed E-state index contributed by atoms with van der Waals surface area (Å²) in [6, 6.07) is 15.1. The third kappa shape index (κ3) is 2.32. The van der Waals surface area contributed by atoms with Crippen LogP contribution in [0.15, 0.2) is 53.4 Å². The summed E-state index contributed by atoms with van der Waals surface area (Å²) in [5, 5.41) is 16.2. The third-order valence-electron chi connectivity index (χ3n) is 2.55. The molecule has 0 bridgehead atoms. The number of hydrogen-bond acceptors (Lipinski definition) is 2. The zero-order valence-electron chi connectivity index (χ0n) is 9.46. The molecule has 0 saturated heterocycles. The fourth-order valence-electron chi connectivity index (χ4n) is 1.75. The SMILES string of the molecule is [Li+].[O-]c1ccccc1C1[N-]c2ccccc2S1. The van der Waals surface area contributed by atoms with Crippen LogP contribution in [0.4, 0.5) is 5.69 Å². The molecule has 0 aliphatic carbocycles. The van der Waals surface area contributed by atoms with E-state index in [-0.39, 0.29) is 30.0 Å². The zero-order valence-corrected chi connectivity index (χ0v) is 10.3. The van der Waals surface area contributed by atoms with Crippen molar-refractivity contribution >= 4 is 17.4 Å². The van der Waals surface area contributed by atoms with Crippen LogP contribution in [0.3, 0.4) is 0 Å². The number of benzene rings is 2. The smallest absolute Gasteiger partial charge is 0.872 e. The van der Waals surface area contributed by atoms with E-state index < -0.39 is 0 Å². The number of rotatable bonds is 1. The van der Waals surface area contributed by atoms with Crippen LogP contribution in [0.2, 0.25) is 0 Å². The van der Waals surface area contributed by atoms with Gasteiger partial charge in [0.15, 0.2) is 0 Å². The van der Waals surface area contributed by atoms with E-state index in [4.69, 9.17) is 0 Å². The molecule has 2 aromatic carbocycles. The van der Waals surface area contributed by atoms with Crippen molar-refractivity contribution in [3.8, 4) is 5.75 Å². The molecule has 0 spiro atoms. The molecule has 0 fully saturated rings. The molecule has 0 aromatic heterocycles. The molecule has 0 N–H and O–H groups in total. The Balaban J connectivity index is 0.00000108. The van der Waals surface area contributed by atoms with E-state index >= 15 is 0 Å². The molecule has 3 rings (SSSR count). The molecule has 80 valence electrons. The monoisotopic (exact) mass is 234 g/mol. The van der Waals surface area contributed by atoms with Crippen LogP contribution in [0.1, 0.15) is 10.9 Å². The van der Waals surface area contributed by atoms with Gasteiger partial charge in [-0.1, -0.05) is 48.0 Å². The van der Waals surface area contributed by atoms with Crippen molar-refractivity contribution in [1.29, 1.82) is 0 Å². The van der Waals surface area contributed by atoms with Crippen LogP contribution in [0.25, 0.3) is 5.32 Å². The quantitative estimate of drug-likeness (QED) is 0.677. The summed E-state index contributed by atoms with van der Waals surface area (Å²) in [6.45, 7) is 0. The van der Waals surface area contributed by atoms with Crippen LogP contribution >= 0.6 is 11.8 Å². The number of thioether (sulfide) groups is 1. The molecule has 0 saturated carbocycles. The number of nitrogens with zero attached hydrogens (tertiary/aromatic N) is 1. The first-order valence-corrected chi connectivity index (χ1v) is 5.95. The number of fused-ring (bicyclic) bond motifs is 1. The van der Waals surface area contributed by atoms with E-state index in [1.165, 1.54) is 0 Å². The van der Waals surface area contributed by atoms with Crippen LogP contribution < -0.4 is 24.0 Å². The van der Waals surface area contributed by atoms with Gasteiger partial charge in [0.1, 0.15) is 0 Å². The number of para-hydroxylation sites is 2. The van der Waals surface area contributed by atoms with E-state index in [1.54, 1.807) is 23.9 Å². The summed E-state index contributed by atoms with van der Waals surface area (Å²) >= 11 is 1.64. The maximum atomic E-state index is 11.7. The van der Waals surface area contributed by atoms with Gasteiger partial charge >= 0.3 is 18.9 Å². The Kier molecular flexibility index (Phi) is 3.73. The van der Waals surface area contributed by atoms with Gasteiger partial charge in [-0.3, -0.25) is 0 Å². The maximum Gasteiger partial charge on any atom is 1.00 e.